The zero-order chi connectivity index (χ0) is 14.4. The van der Waals surface area contributed by atoms with Gasteiger partial charge in [-0.2, -0.15) is 0 Å². The van der Waals surface area contributed by atoms with E-state index in [-0.39, 0.29) is 23.7 Å². The SMILES string of the molecule is C=CCOC(=O)[C@@H](NC)C(O)c1ccc(O)c(O)c1. The number of benzene rings is 1. The van der Waals surface area contributed by atoms with E-state index < -0.39 is 18.1 Å². The topological polar surface area (TPSA) is 99.0 Å². The second-order valence-electron chi connectivity index (χ2n) is 3.88. The number of aliphatic hydroxyl groups excluding tert-OH is 1. The minimum Gasteiger partial charge on any atom is -0.504 e. The van der Waals surface area contributed by atoms with Crippen molar-refractivity contribution in [3.05, 3.63) is 36.4 Å². The van der Waals surface area contributed by atoms with Crippen LogP contribution < -0.4 is 5.32 Å². The summed E-state index contributed by atoms with van der Waals surface area (Å²) in [6.45, 7) is 3.47. The maximum absolute atomic E-state index is 11.7. The zero-order valence-electron chi connectivity index (χ0n) is 10.5. The lowest BCUT2D eigenvalue weighted by Crippen LogP contribution is -2.40. The molecule has 0 fully saturated rings. The van der Waals surface area contributed by atoms with Gasteiger partial charge >= 0.3 is 5.97 Å². The number of nitrogens with one attached hydrogen (secondary N) is 1. The Hall–Kier alpha value is -2.05. The molecule has 6 nitrogen and oxygen atoms in total. The Bertz CT molecular complexity index is 460. The molecule has 1 aromatic rings. The lowest BCUT2D eigenvalue weighted by atomic mass is 10.0. The van der Waals surface area contributed by atoms with Gasteiger partial charge < -0.3 is 25.4 Å². The number of esters is 1. The summed E-state index contributed by atoms with van der Waals surface area (Å²) in [5, 5.41) is 31.3. The molecule has 0 aliphatic rings. The lowest BCUT2D eigenvalue weighted by molar-refractivity contribution is -0.148. The molecule has 0 aromatic heterocycles. The van der Waals surface area contributed by atoms with Crippen molar-refractivity contribution >= 4 is 5.97 Å². The number of phenolic OH excluding ortho intramolecular Hbond substituents is 2. The quantitative estimate of drug-likeness (QED) is 0.339. The number of carbonyl (C=O) groups is 1. The maximum atomic E-state index is 11.7. The zero-order valence-corrected chi connectivity index (χ0v) is 10.5. The number of ether oxygens (including phenoxy) is 1. The molecule has 0 aliphatic heterocycles. The van der Waals surface area contributed by atoms with Gasteiger partial charge in [0.2, 0.25) is 0 Å². The van der Waals surface area contributed by atoms with E-state index >= 15 is 0 Å². The summed E-state index contributed by atoms with van der Waals surface area (Å²) in [5.41, 5.74) is 0.283. The molecular formula is C13H17NO5. The molecule has 0 saturated heterocycles. The van der Waals surface area contributed by atoms with E-state index in [1.807, 2.05) is 0 Å². The summed E-state index contributed by atoms with van der Waals surface area (Å²) in [6.07, 6.45) is 0.206. The average molecular weight is 267 g/mol. The first-order valence-electron chi connectivity index (χ1n) is 5.66. The predicted octanol–water partition coefficient (Wildman–Crippen LogP) is 0.448. The largest absolute Gasteiger partial charge is 0.504 e. The molecule has 0 amide bonds. The van der Waals surface area contributed by atoms with Gasteiger partial charge in [0, 0.05) is 0 Å². The third-order valence-electron chi connectivity index (χ3n) is 2.57. The van der Waals surface area contributed by atoms with Gasteiger partial charge in [-0.15, -0.1) is 0 Å². The fraction of sp³-hybridized carbons (Fsp3) is 0.308. The molecule has 0 bridgehead atoms. The molecule has 0 heterocycles. The summed E-state index contributed by atoms with van der Waals surface area (Å²) in [6, 6.07) is 2.84. The number of phenols is 2. The molecule has 4 N–H and O–H groups in total. The van der Waals surface area contributed by atoms with Gasteiger partial charge in [-0.25, -0.2) is 0 Å². The van der Waals surface area contributed by atoms with Crippen molar-refractivity contribution in [1.29, 1.82) is 0 Å². The number of aromatic hydroxyl groups is 2. The highest BCUT2D eigenvalue weighted by Crippen LogP contribution is 2.29. The van der Waals surface area contributed by atoms with Crippen LogP contribution >= 0.6 is 0 Å². The van der Waals surface area contributed by atoms with E-state index in [2.05, 4.69) is 11.9 Å². The Morgan fingerprint density at radius 3 is 2.68 bits per heavy atom. The molecule has 104 valence electrons. The second kappa shape index (κ2) is 6.77. The molecule has 1 unspecified atom stereocenters. The molecule has 2 atom stereocenters. The third kappa shape index (κ3) is 3.70. The minimum absolute atomic E-state index is 0.0462. The second-order valence-corrected chi connectivity index (χ2v) is 3.88. The van der Waals surface area contributed by atoms with Crippen LogP contribution in [0.25, 0.3) is 0 Å². The fourth-order valence-corrected chi connectivity index (χ4v) is 1.55. The fourth-order valence-electron chi connectivity index (χ4n) is 1.55. The number of hydrogen-bond acceptors (Lipinski definition) is 6. The van der Waals surface area contributed by atoms with E-state index in [0.29, 0.717) is 0 Å². The highest BCUT2D eigenvalue weighted by Gasteiger charge is 2.28. The van der Waals surface area contributed by atoms with Crippen molar-refractivity contribution in [2.24, 2.45) is 0 Å². The van der Waals surface area contributed by atoms with E-state index in [1.54, 1.807) is 0 Å². The molecule has 1 rings (SSSR count). The van der Waals surface area contributed by atoms with Crippen LogP contribution in [0.1, 0.15) is 11.7 Å². The highest BCUT2D eigenvalue weighted by atomic mass is 16.5. The van der Waals surface area contributed by atoms with Gasteiger partial charge in [0.25, 0.3) is 0 Å². The number of likely N-dealkylation sites (N-methyl/N-ethyl adjacent to an activating group) is 1. The van der Waals surface area contributed by atoms with Crippen LogP contribution in [0.15, 0.2) is 30.9 Å². The first kappa shape index (κ1) is 15.0. The molecule has 1 aromatic carbocycles. The van der Waals surface area contributed by atoms with Crippen molar-refractivity contribution in [2.75, 3.05) is 13.7 Å². The maximum Gasteiger partial charge on any atom is 0.326 e. The van der Waals surface area contributed by atoms with Crippen molar-refractivity contribution in [1.82, 2.24) is 5.32 Å². The Morgan fingerprint density at radius 1 is 1.47 bits per heavy atom. The van der Waals surface area contributed by atoms with Crippen molar-refractivity contribution in [3.8, 4) is 11.5 Å². The lowest BCUT2D eigenvalue weighted by Gasteiger charge is -2.21. The van der Waals surface area contributed by atoms with Crippen molar-refractivity contribution < 1.29 is 24.9 Å². The van der Waals surface area contributed by atoms with Crippen LogP contribution in [-0.4, -0.2) is 41.0 Å². The monoisotopic (exact) mass is 267 g/mol. The molecule has 19 heavy (non-hydrogen) atoms. The summed E-state index contributed by atoms with van der Waals surface area (Å²) < 4.78 is 4.85. The van der Waals surface area contributed by atoms with Gasteiger partial charge in [0.1, 0.15) is 18.8 Å². The van der Waals surface area contributed by atoms with Crippen molar-refractivity contribution in [2.45, 2.75) is 12.1 Å². The van der Waals surface area contributed by atoms with Gasteiger partial charge in [-0.1, -0.05) is 18.7 Å². The standard InChI is InChI=1S/C13H17NO5/c1-3-6-19-13(18)11(14-2)12(17)8-4-5-9(15)10(16)7-8/h3-5,7,11-12,14-17H,1,6H2,2H3/t11-,12?/m0/s1. The number of aliphatic hydroxyl groups is 1. The van der Waals surface area contributed by atoms with Gasteiger partial charge in [0.15, 0.2) is 11.5 Å². The molecule has 0 spiro atoms. The summed E-state index contributed by atoms with van der Waals surface area (Å²) in [4.78, 5) is 11.7. The van der Waals surface area contributed by atoms with Crippen molar-refractivity contribution in [3.63, 3.8) is 0 Å². The number of rotatable bonds is 6. The third-order valence-corrected chi connectivity index (χ3v) is 2.57. The molecular weight excluding hydrogens is 250 g/mol. The smallest absolute Gasteiger partial charge is 0.326 e. The van der Waals surface area contributed by atoms with Crippen LogP contribution in [0.2, 0.25) is 0 Å². The normalized spacial score (nSPS) is 13.6. The summed E-state index contributed by atoms with van der Waals surface area (Å²) >= 11 is 0. The van der Waals surface area contributed by atoms with Crippen LogP contribution in [0, 0.1) is 0 Å². The Kier molecular flexibility index (Phi) is 5.35. The Morgan fingerprint density at radius 2 is 2.16 bits per heavy atom. The first-order chi connectivity index (χ1) is 9.01. The van der Waals surface area contributed by atoms with E-state index in [1.165, 1.54) is 31.3 Å². The minimum atomic E-state index is -1.21. The molecule has 6 heteroatoms. The number of carbonyl (C=O) groups excluding carboxylic acids is 1. The van der Waals surface area contributed by atoms with E-state index in [9.17, 15) is 20.1 Å². The summed E-state index contributed by atoms with van der Waals surface area (Å²) in [7, 11) is 1.50. The first-order valence-corrected chi connectivity index (χ1v) is 5.66. The number of hydrogen-bond donors (Lipinski definition) is 4. The van der Waals surface area contributed by atoms with Crippen LogP contribution in [0.3, 0.4) is 0 Å². The van der Waals surface area contributed by atoms with Gasteiger partial charge in [-0.3, -0.25) is 4.79 Å². The predicted molar refractivity (Wildman–Crippen MR) is 68.7 cm³/mol. The molecule has 0 radical (unpaired) electrons. The average Bonchev–Trinajstić information content (AvgIpc) is 2.40. The Balaban J connectivity index is 2.88. The van der Waals surface area contributed by atoms with E-state index in [4.69, 9.17) is 4.74 Å². The van der Waals surface area contributed by atoms with Gasteiger partial charge in [-0.05, 0) is 24.7 Å². The highest BCUT2D eigenvalue weighted by molar-refractivity contribution is 5.77. The Labute approximate surface area is 111 Å². The van der Waals surface area contributed by atoms with E-state index in [0.717, 1.165) is 0 Å². The van der Waals surface area contributed by atoms with Crippen LogP contribution in [0.5, 0.6) is 11.5 Å². The van der Waals surface area contributed by atoms with Gasteiger partial charge in [0.05, 0.1) is 0 Å². The summed E-state index contributed by atoms with van der Waals surface area (Å²) in [5.74, 6) is -1.31. The molecule has 0 saturated carbocycles. The molecule has 0 aliphatic carbocycles. The van der Waals surface area contributed by atoms with Crippen LogP contribution in [-0.2, 0) is 9.53 Å². The van der Waals surface area contributed by atoms with Crippen LogP contribution in [0.4, 0.5) is 0 Å².